The molecule has 134 valence electrons. The molecule has 2 fully saturated rings. The van der Waals surface area contributed by atoms with Crippen LogP contribution in [-0.2, 0) is 4.74 Å². The van der Waals surface area contributed by atoms with Crippen LogP contribution in [0.5, 0.6) is 5.88 Å². The third kappa shape index (κ3) is 3.50. The molecule has 0 radical (unpaired) electrons. The first-order valence-electron chi connectivity index (χ1n) is 8.62. The zero-order valence-electron chi connectivity index (χ0n) is 14.6. The molecule has 0 bridgehead atoms. The van der Waals surface area contributed by atoms with Gasteiger partial charge in [0, 0.05) is 35.5 Å². The first-order valence-corrected chi connectivity index (χ1v) is 10.7. The van der Waals surface area contributed by atoms with Gasteiger partial charge >= 0.3 is 0 Å². The Kier molecular flexibility index (Phi) is 4.88. The third-order valence-corrected chi connectivity index (χ3v) is 7.16. The van der Waals surface area contributed by atoms with Crippen molar-refractivity contribution in [2.75, 3.05) is 25.2 Å². The Labute approximate surface area is 156 Å². The van der Waals surface area contributed by atoms with Crippen LogP contribution < -0.4 is 9.54 Å². The van der Waals surface area contributed by atoms with Gasteiger partial charge in [0.15, 0.2) is 4.80 Å². The van der Waals surface area contributed by atoms with Crippen LogP contribution in [0.2, 0.25) is 0 Å². The number of hydrogen-bond donors (Lipinski definition) is 0. The number of methoxy groups -OCH3 is 1. The summed E-state index contributed by atoms with van der Waals surface area (Å²) in [5, 5.41) is 2.20. The van der Waals surface area contributed by atoms with Crippen LogP contribution in [0.1, 0.15) is 31.0 Å². The lowest BCUT2D eigenvalue weighted by atomic mass is 9.89. The van der Waals surface area contributed by atoms with E-state index in [0.717, 1.165) is 35.7 Å². The second kappa shape index (κ2) is 7.13. The Bertz CT molecular complexity index is 791. The standard InChI is InChI=1S/C18H23N3O2S2/c1-13-11-25-17(20-14-3-4-16(22-2)19-10-14)21(13)15-5-7-23-18(9-15)6-8-24-12-18/h3-4,10-11,15H,5-9,12H2,1-2H3. The van der Waals surface area contributed by atoms with Crippen molar-refractivity contribution >= 4 is 28.8 Å². The maximum absolute atomic E-state index is 6.19. The molecule has 2 aromatic heterocycles. The Hall–Kier alpha value is -1.31. The number of hydrogen-bond acceptors (Lipinski definition) is 6. The summed E-state index contributed by atoms with van der Waals surface area (Å²) in [5.41, 5.74) is 2.21. The van der Waals surface area contributed by atoms with Crippen molar-refractivity contribution in [3.63, 3.8) is 0 Å². The Morgan fingerprint density at radius 1 is 1.44 bits per heavy atom. The van der Waals surface area contributed by atoms with Crippen LogP contribution in [0.4, 0.5) is 5.69 Å². The van der Waals surface area contributed by atoms with Crippen LogP contribution in [0, 0.1) is 6.92 Å². The van der Waals surface area contributed by atoms with Gasteiger partial charge in [-0.25, -0.2) is 9.98 Å². The normalized spacial score (nSPS) is 27.1. The molecule has 1 spiro atoms. The Morgan fingerprint density at radius 2 is 2.36 bits per heavy atom. The van der Waals surface area contributed by atoms with Crippen molar-refractivity contribution in [2.24, 2.45) is 4.99 Å². The Balaban J connectivity index is 1.66. The van der Waals surface area contributed by atoms with E-state index in [1.807, 2.05) is 23.9 Å². The molecule has 0 aliphatic carbocycles. The second-order valence-corrected chi connectivity index (χ2v) is 8.62. The largest absolute Gasteiger partial charge is 0.481 e. The van der Waals surface area contributed by atoms with Gasteiger partial charge in [0.2, 0.25) is 5.88 Å². The number of pyridine rings is 1. The fraction of sp³-hybridized carbons (Fsp3) is 0.556. The van der Waals surface area contributed by atoms with Crippen LogP contribution in [0.25, 0.3) is 0 Å². The SMILES string of the molecule is COc1ccc(N=c2scc(C)n2C2CCOC3(CCSC3)C2)cn1. The van der Waals surface area contributed by atoms with Gasteiger partial charge in [-0.3, -0.25) is 0 Å². The van der Waals surface area contributed by atoms with Gasteiger partial charge in [-0.05, 0) is 38.0 Å². The minimum absolute atomic E-state index is 0.0773. The van der Waals surface area contributed by atoms with Crippen molar-refractivity contribution < 1.29 is 9.47 Å². The zero-order chi connectivity index (χ0) is 17.3. The number of aryl methyl sites for hydroxylation is 1. The summed E-state index contributed by atoms with van der Waals surface area (Å²) in [4.78, 5) is 10.1. The van der Waals surface area contributed by atoms with Crippen LogP contribution >= 0.6 is 23.1 Å². The van der Waals surface area contributed by atoms with E-state index in [0.29, 0.717) is 11.9 Å². The van der Waals surface area contributed by atoms with Crippen LogP contribution in [0.3, 0.4) is 0 Å². The van der Waals surface area contributed by atoms with Crippen LogP contribution in [-0.4, -0.2) is 40.4 Å². The molecular weight excluding hydrogens is 354 g/mol. The number of ether oxygens (including phenoxy) is 2. The van der Waals surface area contributed by atoms with E-state index < -0.39 is 0 Å². The lowest BCUT2D eigenvalue weighted by Gasteiger charge is -2.38. The molecule has 2 aliphatic heterocycles. The summed E-state index contributed by atoms with van der Waals surface area (Å²) in [7, 11) is 1.62. The molecule has 0 amide bonds. The van der Waals surface area contributed by atoms with E-state index in [-0.39, 0.29) is 5.60 Å². The number of rotatable bonds is 3. The van der Waals surface area contributed by atoms with Gasteiger partial charge in [0.05, 0.1) is 24.6 Å². The molecule has 5 nitrogen and oxygen atoms in total. The van der Waals surface area contributed by atoms with Crippen LogP contribution in [0.15, 0.2) is 28.7 Å². The summed E-state index contributed by atoms with van der Waals surface area (Å²) < 4.78 is 13.7. The highest BCUT2D eigenvalue weighted by atomic mass is 32.2. The quantitative estimate of drug-likeness (QED) is 0.818. The number of nitrogens with zero attached hydrogens (tertiary/aromatic N) is 3. The van der Waals surface area contributed by atoms with Gasteiger partial charge < -0.3 is 14.0 Å². The molecule has 2 unspecified atom stereocenters. The lowest BCUT2D eigenvalue weighted by molar-refractivity contribution is -0.0767. The molecule has 25 heavy (non-hydrogen) atoms. The molecule has 0 aromatic carbocycles. The second-order valence-electron chi connectivity index (χ2n) is 6.68. The lowest BCUT2D eigenvalue weighted by Crippen LogP contribution is -2.42. The highest BCUT2D eigenvalue weighted by Gasteiger charge is 2.41. The van der Waals surface area contributed by atoms with Crippen molar-refractivity contribution in [3.05, 3.63) is 34.2 Å². The summed E-state index contributed by atoms with van der Waals surface area (Å²) in [6.45, 7) is 3.02. The number of thiazole rings is 1. The molecule has 4 rings (SSSR count). The predicted octanol–water partition coefficient (Wildman–Crippen LogP) is 3.72. The van der Waals surface area contributed by atoms with E-state index in [1.54, 1.807) is 24.6 Å². The van der Waals surface area contributed by atoms with Crippen molar-refractivity contribution in [3.8, 4) is 5.88 Å². The monoisotopic (exact) mass is 377 g/mol. The maximum atomic E-state index is 6.19. The minimum Gasteiger partial charge on any atom is -0.481 e. The van der Waals surface area contributed by atoms with E-state index in [4.69, 9.17) is 14.5 Å². The molecule has 4 heterocycles. The summed E-state index contributed by atoms with van der Waals surface area (Å²) >= 11 is 3.71. The van der Waals surface area contributed by atoms with Gasteiger partial charge in [-0.2, -0.15) is 11.8 Å². The fourth-order valence-corrected chi connectivity index (χ4v) is 6.01. The topological polar surface area (TPSA) is 48.6 Å². The van der Waals surface area contributed by atoms with Gasteiger partial charge in [-0.15, -0.1) is 11.3 Å². The fourth-order valence-electron chi connectivity index (χ4n) is 3.68. The highest BCUT2D eigenvalue weighted by Crippen LogP contribution is 2.42. The van der Waals surface area contributed by atoms with E-state index in [9.17, 15) is 0 Å². The molecule has 2 aromatic rings. The molecule has 2 aliphatic rings. The minimum atomic E-state index is 0.0773. The van der Waals surface area contributed by atoms with Crippen molar-refractivity contribution in [1.29, 1.82) is 0 Å². The first kappa shape index (κ1) is 17.1. The van der Waals surface area contributed by atoms with Gasteiger partial charge in [-0.1, -0.05) is 0 Å². The summed E-state index contributed by atoms with van der Waals surface area (Å²) in [5.74, 6) is 2.95. The average molecular weight is 378 g/mol. The molecular formula is C18H23N3O2S2. The number of aromatic nitrogens is 2. The molecule has 7 heteroatoms. The van der Waals surface area contributed by atoms with E-state index in [1.165, 1.54) is 17.9 Å². The molecule has 2 saturated heterocycles. The molecule has 0 N–H and O–H groups in total. The number of thioether (sulfide) groups is 1. The van der Waals surface area contributed by atoms with Gasteiger partial charge in [0.1, 0.15) is 0 Å². The van der Waals surface area contributed by atoms with E-state index in [2.05, 4.69) is 21.9 Å². The first-order chi connectivity index (χ1) is 12.2. The summed E-state index contributed by atoms with van der Waals surface area (Å²) in [6, 6.07) is 4.26. The van der Waals surface area contributed by atoms with E-state index >= 15 is 0 Å². The highest BCUT2D eigenvalue weighted by molar-refractivity contribution is 7.99. The summed E-state index contributed by atoms with van der Waals surface area (Å²) in [6.07, 6.45) is 5.08. The van der Waals surface area contributed by atoms with Gasteiger partial charge in [0.25, 0.3) is 0 Å². The maximum Gasteiger partial charge on any atom is 0.213 e. The Morgan fingerprint density at radius 3 is 3.08 bits per heavy atom. The third-order valence-electron chi connectivity index (χ3n) is 4.97. The molecule has 2 atom stereocenters. The molecule has 0 saturated carbocycles. The van der Waals surface area contributed by atoms with Crippen molar-refractivity contribution in [2.45, 2.75) is 37.8 Å². The zero-order valence-corrected chi connectivity index (χ0v) is 16.2. The average Bonchev–Trinajstić information content (AvgIpc) is 3.22. The predicted molar refractivity (Wildman–Crippen MR) is 102 cm³/mol. The van der Waals surface area contributed by atoms with Crippen molar-refractivity contribution in [1.82, 2.24) is 9.55 Å². The smallest absolute Gasteiger partial charge is 0.213 e.